The average Bonchev–Trinajstić information content (AvgIpc) is 2.48. The van der Waals surface area contributed by atoms with E-state index in [-0.39, 0.29) is 17.7 Å². The van der Waals surface area contributed by atoms with Gasteiger partial charge < -0.3 is 14.8 Å². The summed E-state index contributed by atoms with van der Waals surface area (Å²) in [5.41, 5.74) is 0.0527. The van der Waals surface area contributed by atoms with Crippen molar-refractivity contribution < 1.29 is 14.3 Å². The highest BCUT2D eigenvalue weighted by Gasteiger charge is 2.45. The van der Waals surface area contributed by atoms with Crippen molar-refractivity contribution in [3.05, 3.63) is 0 Å². The maximum Gasteiger partial charge on any atom is 0.308 e. The van der Waals surface area contributed by atoms with Gasteiger partial charge in [-0.15, -0.1) is 0 Å². The summed E-state index contributed by atoms with van der Waals surface area (Å²) in [5.74, 6) is -0.137. The Hall–Kier alpha value is -0.610. The summed E-state index contributed by atoms with van der Waals surface area (Å²) in [4.78, 5) is 11.2. The maximum atomic E-state index is 11.2. The molecule has 80 valence electrons. The van der Waals surface area contributed by atoms with Crippen LogP contribution in [0.2, 0.25) is 0 Å². The minimum Gasteiger partial charge on any atom is -0.466 e. The van der Waals surface area contributed by atoms with Crippen LogP contribution in [0.5, 0.6) is 0 Å². The Balaban J connectivity index is 1.75. The van der Waals surface area contributed by atoms with E-state index in [0.717, 1.165) is 25.9 Å². The van der Waals surface area contributed by atoms with E-state index in [1.165, 1.54) is 0 Å². The minimum absolute atomic E-state index is 0.0527. The predicted molar refractivity (Wildman–Crippen MR) is 51.0 cm³/mol. The van der Waals surface area contributed by atoms with Gasteiger partial charge in [-0.25, -0.2) is 0 Å². The van der Waals surface area contributed by atoms with Crippen molar-refractivity contribution in [3.8, 4) is 0 Å². The van der Waals surface area contributed by atoms with Crippen LogP contribution in [0.3, 0.4) is 0 Å². The third kappa shape index (κ3) is 1.91. The molecule has 1 N–H and O–H groups in total. The topological polar surface area (TPSA) is 47.6 Å². The van der Waals surface area contributed by atoms with E-state index in [4.69, 9.17) is 9.47 Å². The van der Waals surface area contributed by atoms with E-state index in [1.54, 1.807) is 0 Å². The first-order valence-electron chi connectivity index (χ1n) is 5.28. The molecule has 14 heavy (non-hydrogen) atoms. The lowest BCUT2D eigenvalue weighted by Gasteiger charge is -2.38. The molecule has 2 fully saturated rings. The molecule has 1 spiro atoms. The Morgan fingerprint density at radius 1 is 1.64 bits per heavy atom. The van der Waals surface area contributed by atoms with E-state index in [0.29, 0.717) is 13.0 Å². The molecule has 2 aliphatic heterocycles. The molecule has 2 saturated heterocycles. The van der Waals surface area contributed by atoms with Crippen LogP contribution in [-0.4, -0.2) is 37.4 Å². The van der Waals surface area contributed by atoms with Crippen molar-refractivity contribution in [2.24, 2.45) is 0 Å². The van der Waals surface area contributed by atoms with Crippen molar-refractivity contribution in [3.63, 3.8) is 0 Å². The fourth-order valence-electron chi connectivity index (χ4n) is 2.11. The van der Waals surface area contributed by atoms with E-state index in [2.05, 4.69) is 5.32 Å². The number of hydrogen-bond acceptors (Lipinski definition) is 4. The Morgan fingerprint density at radius 2 is 2.43 bits per heavy atom. The molecule has 4 nitrogen and oxygen atoms in total. The number of hydrogen-bond donors (Lipinski definition) is 1. The zero-order valence-corrected chi connectivity index (χ0v) is 8.54. The zero-order chi connectivity index (χ0) is 10.0. The SMILES string of the molecule is CCOC(=O)CC1CCC2(CNC2)O1. The molecule has 0 aromatic heterocycles. The highest BCUT2D eigenvalue weighted by atomic mass is 16.5. The number of rotatable bonds is 3. The second-order valence-corrected chi connectivity index (χ2v) is 4.07. The number of ether oxygens (including phenoxy) is 2. The van der Waals surface area contributed by atoms with Crippen LogP contribution in [0.1, 0.15) is 26.2 Å². The third-order valence-electron chi connectivity index (χ3n) is 2.93. The quantitative estimate of drug-likeness (QED) is 0.671. The van der Waals surface area contributed by atoms with E-state index < -0.39 is 0 Å². The molecule has 0 saturated carbocycles. The van der Waals surface area contributed by atoms with Gasteiger partial charge in [-0.2, -0.15) is 0 Å². The van der Waals surface area contributed by atoms with Gasteiger partial charge in [0.2, 0.25) is 0 Å². The van der Waals surface area contributed by atoms with Crippen LogP contribution in [-0.2, 0) is 14.3 Å². The molecule has 0 radical (unpaired) electrons. The maximum absolute atomic E-state index is 11.2. The normalized spacial score (nSPS) is 28.8. The molecule has 0 aromatic rings. The van der Waals surface area contributed by atoms with Crippen molar-refractivity contribution in [1.29, 1.82) is 0 Å². The molecule has 2 heterocycles. The lowest BCUT2D eigenvalue weighted by molar-refractivity contribution is -0.148. The van der Waals surface area contributed by atoms with E-state index in [1.807, 2.05) is 6.92 Å². The number of esters is 1. The lowest BCUT2D eigenvalue weighted by Crippen LogP contribution is -2.59. The molecule has 2 aliphatic rings. The van der Waals surface area contributed by atoms with Gasteiger partial charge in [-0.05, 0) is 19.8 Å². The summed E-state index contributed by atoms with van der Waals surface area (Å²) < 4.78 is 10.7. The van der Waals surface area contributed by atoms with Gasteiger partial charge in [0.05, 0.1) is 24.7 Å². The highest BCUT2D eigenvalue weighted by molar-refractivity contribution is 5.70. The standard InChI is InChI=1S/C10H17NO3/c1-2-13-9(12)5-8-3-4-10(14-8)6-11-7-10/h8,11H,2-7H2,1H3. The van der Waals surface area contributed by atoms with Gasteiger partial charge in [0.1, 0.15) is 0 Å². The van der Waals surface area contributed by atoms with Crippen molar-refractivity contribution in [2.75, 3.05) is 19.7 Å². The van der Waals surface area contributed by atoms with Gasteiger partial charge >= 0.3 is 5.97 Å². The van der Waals surface area contributed by atoms with E-state index in [9.17, 15) is 4.79 Å². The molecule has 0 amide bonds. The van der Waals surface area contributed by atoms with Gasteiger partial charge in [0, 0.05) is 13.1 Å². The highest BCUT2D eigenvalue weighted by Crippen LogP contribution is 2.34. The second kappa shape index (κ2) is 3.87. The predicted octanol–water partition coefficient (Wildman–Crippen LogP) is 0.461. The fraction of sp³-hybridized carbons (Fsp3) is 0.900. The van der Waals surface area contributed by atoms with Gasteiger partial charge in [0.25, 0.3) is 0 Å². The zero-order valence-electron chi connectivity index (χ0n) is 8.54. The number of carbonyl (C=O) groups is 1. The van der Waals surface area contributed by atoms with Crippen LogP contribution < -0.4 is 5.32 Å². The Labute approximate surface area is 84.0 Å². The minimum atomic E-state index is -0.137. The van der Waals surface area contributed by atoms with Crippen LogP contribution in [0.15, 0.2) is 0 Å². The molecule has 4 heteroatoms. The lowest BCUT2D eigenvalue weighted by atomic mass is 9.93. The van der Waals surface area contributed by atoms with Crippen LogP contribution >= 0.6 is 0 Å². The van der Waals surface area contributed by atoms with Crippen LogP contribution in [0.4, 0.5) is 0 Å². The van der Waals surface area contributed by atoms with Crippen molar-refractivity contribution in [1.82, 2.24) is 5.32 Å². The van der Waals surface area contributed by atoms with Crippen LogP contribution in [0, 0.1) is 0 Å². The summed E-state index contributed by atoms with van der Waals surface area (Å²) >= 11 is 0. The Bertz CT molecular complexity index is 225. The van der Waals surface area contributed by atoms with E-state index >= 15 is 0 Å². The summed E-state index contributed by atoms with van der Waals surface area (Å²) in [5, 5.41) is 3.20. The van der Waals surface area contributed by atoms with Crippen molar-refractivity contribution in [2.45, 2.75) is 37.9 Å². The number of nitrogens with one attached hydrogen (secondary N) is 1. The van der Waals surface area contributed by atoms with Crippen molar-refractivity contribution >= 4 is 5.97 Å². The Kier molecular flexibility index (Phi) is 2.74. The van der Waals surface area contributed by atoms with Crippen LogP contribution in [0.25, 0.3) is 0 Å². The molecule has 1 unspecified atom stereocenters. The Morgan fingerprint density at radius 3 is 2.93 bits per heavy atom. The third-order valence-corrected chi connectivity index (χ3v) is 2.93. The largest absolute Gasteiger partial charge is 0.466 e. The first-order chi connectivity index (χ1) is 6.74. The summed E-state index contributed by atoms with van der Waals surface area (Å²) in [6.07, 6.45) is 2.55. The molecular formula is C10H17NO3. The fourth-order valence-corrected chi connectivity index (χ4v) is 2.11. The van der Waals surface area contributed by atoms with Gasteiger partial charge in [-0.3, -0.25) is 4.79 Å². The van der Waals surface area contributed by atoms with Gasteiger partial charge in [-0.1, -0.05) is 0 Å². The first-order valence-corrected chi connectivity index (χ1v) is 5.28. The average molecular weight is 199 g/mol. The smallest absolute Gasteiger partial charge is 0.308 e. The molecular weight excluding hydrogens is 182 g/mol. The second-order valence-electron chi connectivity index (χ2n) is 4.07. The number of carbonyl (C=O) groups excluding carboxylic acids is 1. The molecule has 0 aromatic carbocycles. The summed E-state index contributed by atoms with van der Waals surface area (Å²) in [7, 11) is 0. The first kappa shape index (κ1) is 9.93. The molecule has 0 aliphatic carbocycles. The molecule has 0 bridgehead atoms. The molecule has 1 atom stereocenters. The molecule has 2 rings (SSSR count). The summed E-state index contributed by atoms with van der Waals surface area (Å²) in [6.45, 7) is 4.15. The monoisotopic (exact) mass is 199 g/mol. The summed E-state index contributed by atoms with van der Waals surface area (Å²) in [6, 6.07) is 0. The van der Waals surface area contributed by atoms with Gasteiger partial charge in [0.15, 0.2) is 0 Å².